The minimum Gasteiger partial charge on any atom is -0.381 e. The second kappa shape index (κ2) is 8.91. The van der Waals surface area contributed by atoms with Gasteiger partial charge >= 0.3 is 0 Å². The summed E-state index contributed by atoms with van der Waals surface area (Å²) in [7, 11) is 1.87. The molecule has 0 spiro atoms. The van der Waals surface area contributed by atoms with E-state index in [4.69, 9.17) is 9.26 Å². The maximum absolute atomic E-state index is 5.53. The molecule has 0 saturated carbocycles. The molecule has 8 heteroatoms. The lowest BCUT2D eigenvalue weighted by Gasteiger charge is -2.39. The monoisotopic (exact) mass is 367 g/mol. The Hall–Kier alpha value is -1.25. The molecule has 2 fully saturated rings. The van der Waals surface area contributed by atoms with Crippen LogP contribution >= 0.6 is 11.8 Å². The van der Waals surface area contributed by atoms with Crippen LogP contribution in [0.15, 0.2) is 21.8 Å². The molecule has 3 rings (SSSR count). The summed E-state index contributed by atoms with van der Waals surface area (Å²) in [5.74, 6) is 1.01. The van der Waals surface area contributed by atoms with Crippen LogP contribution in [0.1, 0.15) is 18.5 Å². The summed E-state index contributed by atoms with van der Waals surface area (Å²) >= 11 is 1.95. The minimum atomic E-state index is 0.267. The zero-order valence-electron chi connectivity index (χ0n) is 15.2. The van der Waals surface area contributed by atoms with Crippen molar-refractivity contribution in [3.8, 4) is 0 Å². The topological polar surface area (TPSA) is 66.1 Å². The van der Waals surface area contributed by atoms with Crippen molar-refractivity contribution in [2.24, 2.45) is 4.99 Å². The van der Waals surface area contributed by atoms with Gasteiger partial charge in [-0.25, -0.2) is 0 Å². The molecule has 1 N–H and O–H groups in total. The normalized spacial score (nSPS) is 22.2. The van der Waals surface area contributed by atoms with Gasteiger partial charge in [-0.2, -0.15) is 11.8 Å². The van der Waals surface area contributed by atoms with Crippen molar-refractivity contribution >= 4 is 17.7 Å². The Morgan fingerprint density at radius 2 is 2.08 bits per heavy atom. The molecule has 25 heavy (non-hydrogen) atoms. The first kappa shape index (κ1) is 18.5. The lowest BCUT2D eigenvalue weighted by Crippen LogP contribution is -2.54. The molecule has 1 aromatic rings. The van der Waals surface area contributed by atoms with Crippen LogP contribution in [0.2, 0.25) is 0 Å². The van der Waals surface area contributed by atoms with Gasteiger partial charge in [0.05, 0.1) is 5.69 Å². The fraction of sp³-hybridized carbons (Fsp3) is 0.765. The highest BCUT2D eigenvalue weighted by molar-refractivity contribution is 8.00. The van der Waals surface area contributed by atoms with Crippen LogP contribution in [-0.2, 0) is 11.3 Å². The van der Waals surface area contributed by atoms with E-state index in [1.54, 1.807) is 6.26 Å². The Labute approximate surface area is 154 Å². The molecule has 0 unspecified atom stereocenters. The van der Waals surface area contributed by atoms with Crippen LogP contribution < -0.4 is 5.32 Å². The number of nitrogens with one attached hydrogen (secondary N) is 1. The Balaban J connectivity index is 1.47. The second-order valence-electron chi connectivity index (χ2n) is 6.65. The average Bonchev–Trinajstić information content (AvgIpc) is 3.17. The molecule has 7 nitrogen and oxygen atoms in total. The van der Waals surface area contributed by atoms with Gasteiger partial charge in [0.25, 0.3) is 0 Å². The molecule has 140 valence electrons. The van der Waals surface area contributed by atoms with Crippen LogP contribution in [0.3, 0.4) is 0 Å². The lowest BCUT2D eigenvalue weighted by molar-refractivity contribution is 0.0779. The third kappa shape index (κ3) is 4.89. The summed E-state index contributed by atoms with van der Waals surface area (Å²) in [6.07, 6.45) is 6.04. The Bertz CT molecular complexity index is 537. The first-order chi connectivity index (χ1) is 12.2. The number of rotatable bonds is 5. The summed E-state index contributed by atoms with van der Waals surface area (Å²) < 4.78 is 10.7. The molecule has 2 saturated heterocycles. The van der Waals surface area contributed by atoms with Crippen molar-refractivity contribution in [1.82, 2.24) is 20.3 Å². The molecular weight excluding hydrogens is 338 g/mol. The molecule has 1 aromatic heterocycles. The predicted octanol–water partition coefficient (Wildman–Crippen LogP) is 1.28. The number of aromatic nitrogens is 1. The average molecular weight is 368 g/mol. The van der Waals surface area contributed by atoms with E-state index in [0.29, 0.717) is 0 Å². The fourth-order valence-electron chi connectivity index (χ4n) is 3.43. The van der Waals surface area contributed by atoms with Gasteiger partial charge in [0, 0.05) is 70.3 Å². The van der Waals surface area contributed by atoms with Crippen molar-refractivity contribution in [2.45, 2.75) is 24.1 Å². The number of ether oxygens (including phenoxy) is 1. The summed E-state index contributed by atoms with van der Waals surface area (Å²) in [5, 5.41) is 7.61. The maximum atomic E-state index is 5.53. The van der Waals surface area contributed by atoms with Crippen molar-refractivity contribution < 1.29 is 9.26 Å². The Morgan fingerprint density at radius 3 is 2.68 bits per heavy atom. The third-order valence-electron chi connectivity index (χ3n) is 5.17. The highest BCUT2D eigenvalue weighted by Gasteiger charge is 2.32. The summed E-state index contributed by atoms with van der Waals surface area (Å²) in [4.78, 5) is 9.27. The van der Waals surface area contributed by atoms with Crippen LogP contribution in [0.25, 0.3) is 0 Å². The van der Waals surface area contributed by atoms with E-state index in [-0.39, 0.29) is 4.75 Å². The van der Waals surface area contributed by atoms with Gasteiger partial charge in [-0.05, 0) is 19.1 Å². The van der Waals surface area contributed by atoms with Crippen LogP contribution in [0, 0.1) is 0 Å². The van der Waals surface area contributed by atoms with Crippen LogP contribution in [0.4, 0.5) is 0 Å². The first-order valence-electron chi connectivity index (χ1n) is 8.95. The van der Waals surface area contributed by atoms with Gasteiger partial charge in [0.2, 0.25) is 0 Å². The van der Waals surface area contributed by atoms with Crippen molar-refractivity contribution in [2.75, 3.05) is 59.2 Å². The van der Waals surface area contributed by atoms with Crippen LogP contribution in [-0.4, -0.2) is 84.9 Å². The summed E-state index contributed by atoms with van der Waals surface area (Å²) in [6, 6.07) is 1.93. The zero-order valence-corrected chi connectivity index (χ0v) is 16.1. The van der Waals surface area contributed by atoms with E-state index in [1.165, 1.54) is 0 Å². The fourth-order valence-corrected chi connectivity index (χ4v) is 4.23. The minimum absolute atomic E-state index is 0.267. The van der Waals surface area contributed by atoms with E-state index in [9.17, 15) is 0 Å². The molecule has 0 aromatic carbocycles. The molecule has 2 aliphatic heterocycles. The predicted molar refractivity (Wildman–Crippen MR) is 101 cm³/mol. The molecule has 0 radical (unpaired) electrons. The van der Waals surface area contributed by atoms with E-state index in [0.717, 1.165) is 77.0 Å². The SMILES string of the molecule is CN=C(NCC1(SC)CCOCC1)N1CCN(Cc2ccon2)CC1. The number of piperazine rings is 1. The van der Waals surface area contributed by atoms with Crippen molar-refractivity contribution in [3.63, 3.8) is 0 Å². The van der Waals surface area contributed by atoms with Gasteiger partial charge in [-0.15, -0.1) is 0 Å². The second-order valence-corrected chi connectivity index (χ2v) is 7.93. The van der Waals surface area contributed by atoms with Gasteiger partial charge < -0.3 is 19.5 Å². The Morgan fingerprint density at radius 1 is 1.32 bits per heavy atom. The molecule has 3 heterocycles. The Kier molecular flexibility index (Phi) is 6.61. The number of guanidine groups is 1. The van der Waals surface area contributed by atoms with Crippen molar-refractivity contribution in [3.05, 3.63) is 18.0 Å². The smallest absolute Gasteiger partial charge is 0.193 e. The number of thioether (sulfide) groups is 1. The highest BCUT2D eigenvalue weighted by atomic mass is 32.2. The van der Waals surface area contributed by atoms with Crippen molar-refractivity contribution in [1.29, 1.82) is 0 Å². The van der Waals surface area contributed by atoms with Gasteiger partial charge in [0.15, 0.2) is 5.96 Å². The maximum Gasteiger partial charge on any atom is 0.193 e. The third-order valence-corrected chi connectivity index (χ3v) is 6.58. The summed E-state index contributed by atoms with van der Waals surface area (Å²) in [6.45, 7) is 7.50. The van der Waals surface area contributed by atoms with E-state index in [2.05, 4.69) is 31.5 Å². The number of hydrogen-bond donors (Lipinski definition) is 1. The molecule has 2 aliphatic rings. The van der Waals surface area contributed by atoms with Gasteiger partial charge in [0.1, 0.15) is 6.26 Å². The standard InChI is InChI=1S/C17H29N5O2S/c1-18-16(19-14-17(25-2)4-11-23-12-5-17)22-8-6-21(7-9-22)13-15-3-10-24-20-15/h3,10H,4-9,11-14H2,1-2H3,(H,18,19). The van der Waals surface area contributed by atoms with Gasteiger partial charge in [-0.1, -0.05) is 5.16 Å². The number of nitrogens with zero attached hydrogens (tertiary/aromatic N) is 4. The first-order valence-corrected chi connectivity index (χ1v) is 10.2. The van der Waals surface area contributed by atoms with Crippen LogP contribution in [0.5, 0.6) is 0 Å². The van der Waals surface area contributed by atoms with E-state index in [1.807, 2.05) is 24.9 Å². The summed E-state index contributed by atoms with van der Waals surface area (Å²) in [5.41, 5.74) is 0.998. The molecule has 0 aliphatic carbocycles. The number of hydrogen-bond acceptors (Lipinski definition) is 6. The molecule has 0 atom stereocenters. The zero-order chi connectivity index (χ0) is 17.5. The van der Waals surface area contributed by atoms with Gasteiger partial charge in [-0.3, -0.25) is 9.89 Å². The molecular formula is C17H29N5O2S. The number of aliphatic imine (C=N–C) groups is 1. The van der Waals surface area contributed by atoms with E-state index < -0.39 is 0 Å². The molecule has 0 amide bonds. The largest absolute Gasteiger partial charge is 0.381 e. The highest BCUT2D eigenvalue weighted by Crippen LogP contribution is 2.33. The van der Waals surface area contributed by atoms with E-state index >= 15 is 0 Å². The lowest BCUT2D eigenvalue weighted by atomic mass is 9.99. The quantitative estimate of drug-likeness (QED) is 0.621. The molecule has 0 bridgehead atoms.